The van der Waals surface area contributed by atoms with Gasteiger partial charge in [-0.2, -0.15) is 0 Å². The molecular weight excluding hydrogens is 230 g/mol. The van der Waals surface area contributed by atoms with Crippen LogP contribution < -0.4 is 10.5 Å². The molecule has 0 spiro atoms. The number of nitrogens with two attached hydrogens (primary N) is 1. The van der Waals surface area contributed by atoms with Gasteiger partial charge in [-0.05, 0) is 42.5 Å². The van der Waals surface area contributed by atoms with Crippen molar-refractivity contribution in [3.05, 3.63) is 28.8 Å². The maximum atomic E-state index is 10.7. The number of ether oxygens (including phenoxy) is 1. The first-order chi connectivity index (χ1) is 8.38. The summed E-state index contributed by atoms with van der Waals surface area (Å²) in [6.07, 6.45) is 0.0751. The Morgan fingerprint density at radius 2 is 2.00 bits per heavy atom. The van der Waals surface area contributed by atoms with E-state index in [0.29, 0.717) is 0 Å². The van der Waals surface area contributed by atoms with Gasteiger partial charge in [0.25, 0.3) is 0 Å². The molecule has 0 aliphatic carbocycles. The van der Waals surface area contributed by atoms with E-state index in [9.17, 15) is 4.79 Å². The van der Waals surface area contributed by atoms with Crippen molar-refractivity contribution in [1.82, 2.24) is 0 Å². The van der Waals surface area contributed by atoms with Crippen LogP contribution >= 0.6 is 0 Å². The van der Waals surface area contributed by atoms with Crippen LogP contribution in [0.1, 0.15) is 36.1 Å². The monoisotopic (exact) mass is 251 g/mol. The summed E-state index contributed by atoms with van der Waals surface area (Å²) in [5.74, 6) is -0.0934. The lowest BCUT2D eigenvalue weighted by molar-refractivity contribution is -0.138. The lowest BCUT2D eigenvalue weighted by Gasteiger charge is -2.22. The van der Waals surface area contributed by atoms with E-state index in [1.807, 2.05) is 32.9 Å². The van der Waals surface area contributed by atoms with Gasteiger partial charge in [0.1, 0.15) is 5.75 Å². The Balaban J connectivity index is 3.03. The van der Waals surface area contributed by atoms with Crippen molar-refractivity contribution in [2.24, 2.45) is 11.7 Å². The summed E-state index contributed by atoms with van der Waals surface area (Å²) in [7, 11) is 1.63. The zero-order valence-corrected chi connectivity index (χ0v) is 11.4. The number of carbonyl (C=O) groups is 1. The molecule has 1 aromatic rings. The minimum Gasteiger partial charge on any atom is -0.496 e. The van der Waals surface area contributed by atoms with E-state index in [-0.39, 0.29) is 18.4 Å². The molecule has 4 nitrogen and oxygen atoms in total. The van der Waals surface area contributed by atoms with Crippen LogP contribution in [0, 0.1) is 19.8 Å². The number of hydrogen-bond acceptors (Lipinski definition) is 3. The normalized spacial score (nSPS) is 14.1. The lowest BCUT2D eigenvalue weighted by atomic mass is 9.88. The van der Waals surface area contributed by atoms with E-state index in [2.05, 4.69) is 0 Å². The standard InChI is InChI=1S/C14H21NO3/c1-8(7-13(16)17)14(15)11-5-6-12(18-4)10(3)9(11)2/h5-6,8,14H,7,15H2,1-4H3,(H,16,17). The summed E-state index contributed by atoms with van der Waals surface area (Å²) in [5.41, 5.74) is 9.25. The first-order valence-corrected chi connectivity index (χ1v) is 6.00. The minimum atomic E-state index is -0.819. The van der Waals surface area contributed by atoms with Gasteiger partial charge in [0.2, 0.25) is 0 Å². The first kappa shape index (κ1) is 14.5. The Morgan fingerprint density at radius 1 is 1.39 bits per heavy atom. The first-order valence-electron chi connectivity index (χ1n) is 6.00. The highest BCUT2D eigenvalue weighted by Gasteiger charge is 2.20. The van der Waals surface area contributed by atoms with Crippen LogP contribution in [-0.4, -0.2) is 18.2 Å². The summed E-state index contributed by atoms with van der Waals surface area (Å²) in [6, 6.07) is 3.53. The van der Waals surface area contributed by atoms with Crippen molar-refractivity contribution in [2.75, 3.05) is 7.11 Å². The minimum absolute atomic E-state index is 0.0751. The summed E-state index contributed by atoms with van der Waals surface area (Å²) >= 11 is 0. The third-order valence-corrected chi connectivity index (χ3v) is 3.47. The molecule has 0 amide bonds. The van der Waals surface area contributed by atoms with Crippen LogP contribution in [0.3, 0.4) is 0 Å². The van der Waals surface area contributed by atoms with Gasteiger partial charge < -0.3 is 15.6 Å². The van der Waals surface area contributed by atoms with Crippen LogP contribution in [0.2, 0.25) is 0 Å². The smallest absolute Gasteiger partial charge is 0.303 e. The molecule has 18 heavy (non-hydrogen) atoms. The van der Waals surface area contributed by atoms with Gasteiger partial charge in [-0.15, -0.1) is 0 Å². The van der Waals surface area contributed by atoms with E-state index in [1.54, 1.807) is 7.11 Å². The van der Waals surface area contributed by atoms with Crippen molar-refractivity contribution in [3.8, 4) is 5.75 Å². The predicted octanol–water partition coefficient (Wildman–Crippen LogP) is 2.42. The van der Waals surface area contributed by atoms with E-state index in [4.69, 9.17) is 15.6 Å². The second kappa shape index (κ2) is 5.87. The fraction of sp³-hybridized carbons (Fsp3) is 0.500. The Labute approximate surface area is 108 Å². The quantitative estimate of drug-likeness (QED) is 0.843. The number of rotatable bonds is 5. The lowest BCUT2D eigenvalue weighted by Crippen LogP contribution is -2.22. The van der Waals surface area contributed by atoms with Crippen molar-refractivity contribution in [2.45, 2.75) is 33.2 Å². The molecule has 0 saturated carbocycles. The van der Waals surface area contributed by atoms with Crippen LogP contribution in [0.15, 0.2) is 12.1 Å². The van der Waals surface area contributed by atoms with E-state index >= 15 is 0 Å². The molecule has 1 rings (SSSR count). The molecule has 0 aromatic heterocycles. The molecule has 4 heteroatoms. The molecule has 0 fully saturated rings. The molecule has 0 aliphatic heterocycles. The van der Waals surface area contributed by atoms with E-state index in [1.165, 1.54) is 0 Å². The Bertz CT molecular complexity index is 443. The molecule has 0 saturated heterocycles. The summed E-state index contributed by atoms with van der Waals surface area (Å²) in [5, 5.41) is 8.81. The zero-order valence-electron chi connectivity index (χ0n) is 11.4. The fourth-order valence-corrected chi connectivity index (χ4v) is 2.11. The van der Waals surface area contributed by atoms with Crippen LogP contribution in [0.25, 0.3) is 0 Å². The van der Waals surface area contributed by atoms with Gasteiger partial charge in [-0.25, -0.2) is 0 Å². The summed E-state index contributed by atoms with van der Waals surface area (Å²) in [4.78, 5) is 10.7. The highest BCUT2D eigenvalue weighted by atomic mass is 16.5. The molecule has 1 aromatic carbocycles. The topological polar surface area (TPSA) is 72.5 Å². The molecule has 2 unspecified atom stereocenters. The Morgan fingerprint density at radius 3 is 2.50 bits per heavy atom. The predicted molar refractivity (Wildman–Crippen MR) is 70.8 cm³/mol. The molecule has 0 bridgehead atoms. The maximum Gasteiger partial charge on any atom is 0.303 e. The third-order valence-electron chi connectivity index (χ3n) is 3.47. The highest BCUT2D eigenvalue weighted by Crippen LogP contribution is 2.30. The Kier molecular flexibility index (Phi) is 4.73. The average molecular weight is 251 g/mol. The van der Waals surface area contributed by atoms with Crippen LogP contribution in [0.5, 0.6) is 5.75 Å². The molecule has 3 N–H and O–H groups in total. The molecule has 0 aliphatic rings. The highest BCUT2D eigenvalue weighted by molar-refractivity contribution is 5.67. The molecule has 2 atom stereocenters. The van der Waals surface area contributed by atoms with Crippen molar-refractivity contribution >= 4 is 5.97 Å². The number of aliphatic carboxylic acids is 1. The molecule has 0 heterocycles. The van der Waals surface area contributed by atoms with Gasteiger partial charge >= 0.3 is 5.97 Å². The Hall–Kier alpha value is -1.55. The number of methoxy groups -OCH3 is 1. The SMILES string of the molecule is COc1ccc(C(N)C(C)CC(=O)O)c(C)c1C. The van der Waals surface area contributed by atoms with Gasteiger partial charge in [-0.3, -0.25) is 4.79 Å². The van der Waals surface area contributed by atoms with Gasteiger partial charge in [0.15, 0.2) is 0 Å². The molecular formula is C14H21NO3. The fourth-order valence-electron chi connectivity index (χ4n) is 2.11. The molecule has 0 radical (unpaired) electrons. The largest absolute Gasteiger partial charge is 0.496 e. The second-order valence-corrected chi connectivity index (χ2v) is 4.71. The molecule has 100 valence electrons. The van der Waals surface area contributed by atoms with Crippen molar-refractivity contribution < 1.29 is 14.6 Å². The number of carboxylic acids is 1. The van der Waals surface area contributed by atoms with Gasteiger partial charge in [-0.1, -0.05) is 13.0 Å². The van der Waals surface area contributed by atoms with Crippen LogP contribution in [0.4, 0.5) is 0 Å². The summed E-state index contributed by atoms with van der Waals surface area (Å²) in [6.45, 7) is 5.82. The van der Waals surface area contributed by atoms with Gasteiger partial charge in [0, 0.05) is 12.5 Å². The average Bonchev–Trinajstić information content (AvgIpc) is 2.31. The zero-order chi connectivity index (χ0) is 13.9. The number of benzene rings is 1. The third kappa shape index (κ3) is 3.01. The van der Waals surface area contributed by atoms with E-state index < -0.39 is 5.97 Å². The van der Waals surface area contributed by atoms with Gasteiger partial charge in [0.05, 0.1) is 7.11 Å². The number of hydrogen-bond donors (Lipinski definition) is 2. The summed E-state index contributed by atoms with van der Waals surface area (Å²) < 4.78 is 5.25. The van der Waals surface area contributed by atoms with Crippen molar-refractivity contribution in [3.63, 3.8) is 0 Å². The van der Waals surface area contributed by atoms with Crippen LogP contribution in [-0.2, 0) is 4.79 Å². The second-order valence-electron chi connectivity index (χ2n) is 4.71. The van der Waals surface area contributed by atoms with Crippen molar-refractivity contribution in [1.29, 1.82) is 0 Å². The maximum absolute atomic E-state index is 10.7. The van der Waals surface area contributed by atoms with E-state index in [0.717, 1.165) is 22.4 Å². The number of carboxylic acid groups (broad SMARTS) is 1.